The van der Waals surface area contributed by atoms with Crippen LogP contribution in [0.1, 0.15) is 37.0 Å². The minimum atomic E-state index is -3.82. The van der Waals surface area contributed by atoms with Crippen LogP contribution in [0, 0.1) is 5.92 Å². The van der Waals surface area contributed by atoms with Gasteiger partial charge in [-0.1, -0.05) is 25.4 Å². The van der Waals surface area contributed by atoms with E-state index in [4.69, 9.17) is 16.3 Å². The van der Waals surface area contributed by atoms with Crippen molar-refractivity contribution < 1.29 is 27.5 Å². The Kier molecular flexibility index (Phi) is 8.00. The summed E-state index contributed by atoms with van der Waals surface area (Å²) >= 11 is 6.03. The number of rotatable bonds is 7. The zero-order valence-electron chi connectivity index (χ0n) is 16.2. The molecule has 0 saturated carbocycles. The fraction of sp³-hybridized carbons (Fsp3) is 0.500. The van der Waals surface area contributed by atoms with Gasteiger partial charge in [0.25, 0.3) is 5.91 Å². The highest BCUT2D eigenvalue weighted by molar-refractivity contribution is 7.89. The first-order valence-electron chi connectivity index (χ1n) is 9.15. The molecule has 0 radical (unpaired) electrons. The molecule has 0 spiro atoms. The Bertz CT molecular complexity index is 882. The smallest absolute Gasteiger partial charge is 0.338 e. The van der Waals surface area contributed by atoms with Gasteiger partial charge in [-0.3, -0.25) is 10.1 Å². The molecule has 2 N–H and O–H groups in total. The SMILES string of the molecule is CC(C)CNC(=O)NC(=O)COC(=O)c1ccc(Cl)c(S(=O)(=O)N2CCCC2)c1. The Morgan fingerprint density at radius 1 is 1.21 bits per heavy atom. The highest BCUT2D eigenvalue weighted by Gasteiger charge is 2.30. The zero-order valence-corrected chi connectivity index (χ0v) is 17.8. The molecule has 29 heavy (non-hydrogen) atoms. The molecule has 160 valence electrons. The lowest BCUT2D eigenvalue weighted by molar-refractivity contribution is -0.123. The summed E-state index contributed by atoms with van der Waals surface area (Å²) in [6.45, 7) is 4.28. The van der Waals surface area contributed by atoms with Gasteiger partial charge in [-0.25, -0.2) is 18.0 Å². The lowest BCUT2D eigenvalue weighted by Gasteiger charge is -2.17. The number of carbonyl (C=O) groups excluding carboxylic acids is 3. The summed E-state index contributed by atoms with van der Waals surface area (Å²) in [4.78, 5) is 35.3. The van der Waals surface area contributed by atoms with E-state index in [1.807, 2.05) is 19.2 Å². The number of imide groups is 1. The fourth-order valence-corrected chi connectivity index (χ4v) is 4.63. The number of sulfonamides is 1. The van der Waals surface area contributed by atoms with Crippen LogP contribution < -0.4 is 10.6 Å². The molecule has 9 nitrogen and oxygen atoms in total. The predicted octanol–water partition coefficient (Wildman–Crippen LogP) is 1.76. The monoisotopic (exact) mass is 445 g/mol. The van der Waals surface area contributed by atoms with Crippen molar-refractivity contribution in [1.29, 1.82) is 0 Å². The minimum absolute atomic E-state index is 0.00647. The van der Waals surface area contributed by atoms with Crippen LogP contribution in [0.3, 0.4) is 0 Å². The number of urea groups is 1. The summed E-state index contributed by atoms with van der Waals surface area (Å²) in [5, 5.41) is 4.52. The van der Waals surface area contributed by atoms with Gasteiger partial charge in [0.05, 0.1) is 10.6 Å². The van der Waals surface area contributed by atoms with Crippen LogP contribution in [0.5, 0.6) is 0 Å². The van der Waals surface area contributed by atoms with E-state index < -0.39 is 34.5 Å². The van der Waals surface area contributed by atoms with E-state index in [9.17, 15) is 22.8 Å². The Morgan fingerprint density at radius 3 is 2.48 bits per heavy atom. The first kappa shape index (κ1) is 23.1. The van der Waals surface area contributed by atoms with Crippen molar-refractivity contribution in [3.8, 4) is 0 Å². The average molecular weight is 446 g/mol. The molecule has 11 heteroatoms. The predicted molar refractivity (Wildman–Crippen MR) is 106 cm³/mol. The van der Waals surface area contributed by atoms with Crippen molar-refractivity contribution in [2.75, 3.05) is 26.2 Å². The summed E-state index contributed by atoms with van der Waals surface area (Å²) in [6.07, 6.45) is 1.52. The normalized spacial score (nSPS) is 14.6. The number of hydrogen-bond donors (Lipinski definition) is 2. The van der Waals surface area contributed by atoms with Crippen LogP contribution in [0.2, 0.25) is 5.02 Å². The van der Waals surface area contributed by atoms with Gasteiger partial charge in [0.15, 0.2) is 6.61 Å². The van der Waals surface area contributed by atoms with E-state index >= 15 is 0 Å². The number of halogens is 1. The second kappa shape index (κ2) is 10.0. The molecule has 1 aliphatic rings. The van der Waals surface area contributed by atoms with Crippen molar-refractivity contribution in [3.05, 3.63) is 28.8 Å². The molecule has 1 aromatic carbocycles. The molecule has 1 heterocycles. The molecule has 1 saturated heterocycles. The molecular weight excluding hydrogens is 422 g/mol. The fourth-order valence-electron chi connectivity index (χ4n) is 2.61. The summed E-state index contributed by atoms with van der Waals surface area (Å²) in [6, 6.07) is 3.04. The highest BCUT2D eigenvalue weighted by Crippen LogP contribution is 2.28. The third-order valence-corrected chi connectivity index (χ3v) is 6.49. The van der Waals surface area contributed by atoms with Crippen molar-refractivity contribution in [2.45, 2.75) is 31.6 Å². The molecule has 1 aliphatic heterocycles. The Labute approximate surface area is 174 Å². The lowest BCUT2D eigenvalue weighted by atomic mass is 10.2. The zero-order chi connectivity index (χ0) is 21.6. The maximum atomic E-state index is 12.7. The largest absolute Gasteiger partial charge is 0.452 e. The number of esters is 1. The standard InChI is InChI=1S/C18H24ClN3O6S/c1-12(2)10-20-18(25)21-16(23)11-28-17(24)13-5-6-14(19)15(9-13)29(26,27)22-7-3-4-8-22/h5-6,9,12H,3-4,7-8,10-11H2,1-2H3,(H2,20,21,23,25). The molecule has 1 fully saturated rings. The number of nitrogens with one attached hydrogen (secondary N) is 2. The topological polar surface area (TPSA) is 122 Å². The van der Waals surface area contributed by atoms with Crippen LogP contribution in [0.25, 0.3) is 0 Å². The molecule has 0 unspecified atom stereocenters. The van der Waals surface area contributed by atoms with Gasteiger partial charge in [0.2, 0.25) is 10.0 Å². The number of nitrogens with zero attached hydrogens (tertiary/aromatic N) is 1. The molecule has 0 bridgehead atoms. The van der Waals surface area contributed by atoms with Crippen LogP contribution >= 0.6 is 11.6 Å². The third kappa shape index (κ3) is 6.41. The van der Waals surface area contributed by atoms with Gasteiger partial charge in [0, 0.05) is 19.6 Å². The number of carbonyl (C=O) groups is 3. The van der Waals surface area contributed by atoms with Crippen LogP contribution in [-0.4, -0.2) is 56.9 Å². The van der Waals surface area contributed by atoms with Crippen LogP contribution in [-0.2, 0) is 19.6 Å². The van der Waals surface area contributed by atoms with Gasteiger partial charge in [0.1, 0.15) is 4.90 Å². The van der Waals surface area contributed by atoms with Crippen molar-refractivity contribution in [1.82, 2.24) is 14.9 Å². The molecule has 1 aromatic rings. The van der Waals surface area contributed by atoms with Crippen LogP contribution in [0.4, 0.5) is 4.79 Å². The van der Waals surface area contributed by atoms with Gasteiger partial charge in [-0.15, -0.1) is 0 Å². The number of amides is 3. The summed E-state index contributed by atoms with van der Waals surface area (Å²) in [5.74, 6) is -1.50. The second-order valence-corrected chi connectivity index (χ2v) is 9.30. The Hall–Kier alpha value is -2.17. The summed E-state index contributed by atoms with van der Waals surface area (Å²) in [5.41, 5.74) is -0.0655. The number of hydrogen-bond acceptors (Lipinski definition) is 6. The average Bonchev–Trinajstić information content (AvgIpc) is 3.20. The van der Waals surface area contributed by atoms with E-state index in [1.54, 1.807) is 0 Å². The lowest BCUT2D eigenvalue weighted by Crippen LogP contribution is -2.42. The Balaban J connectivity index is 1.99. The van der Waals surface area contributed by atoms with Crippen molar-refractivity contribution in [3.63, 3.8) is 0 Å². The van der Waals surface area contributed by atoms with Crippen molar-refractivity contribution >= 4 is 39.5 Å². The first-order chi connectivity index (χ1) is 13.6. The quantitative estimate of drug-likeness (QED) is 0.616. The van der Waals surface area contributed by atoms with E-state index in [0.717, 1.165) is 18.9 Å². The van der Waals surface area contributed by atoms with E-state index in [2.05, 4.69) is 5.32 Å². The minimum Gasteiger partial charge on any atom is -0.452 e. The van der Waals surface area contributed by atoms with E-state index in [-0.39, 0.29) is 21.4 Å². The summed E-state index contributed by atoms with van der Waals surface area (Å²) < 4.78 is 31.6. The number of benzene rings is 1. The maximum Gasteiger partial charge on any atom is 0.338 e. The van der Waals surface area contributed by atoms with Gasteiger partial charge in [-0.05, 0) is 37.0 Å². The number of ether oxygens (including phenoxy) is 1. The second-order valence-electron chi connectivity index (χ2n) is 6.98. The van der Waals surface area contributed by atoms with E-state index in [0.29, 0.717) is 19.6 Å². The molecule has 3 amide bonds. The third-order valence-electron chi connectivity index (χ3n) is 4.11. The summed E-state index contributed by atoms with van der Waals surface area (Å²) in [7, 11) is -3.82. The van der Waals surface area contributed by atoms with E-state index in [1.165, 1.54) is 16.4 Å². The molecular formula is C18H24ClN3O6S. The molecule has 0 atom stereocenters. The van der Waals surface area contributed by atoms with Gasteiger partial charge < -0.3 is 10.1 Å². The molecule has 2 rings (SSSR count). The molecule has 0 aliphatic carbocycles. The Morgan fingerprint density at radius 2 is 1.86 bits per heavy atom. The van der Waals surface area contributed by atoms with Crippen molar-refractivity contribution in [2.24, 2.45) is 5.92 Å². The maximum absolute atomic E-state index is 12.7. The van der Waals surface area contributed by atoms with Gasteiger partial charge >= 0.3 is 12.0 Å². The highest BCUT2D eigenvalue weighted by atomic mass is 35.5. The van der Waals surface area contributed by atoms with Gasteiger partial charge in [-0.2, -0.15) is 4.31 Å². The van der Waals surface area contributed by atoms with Crippen LogP contribution in [0.15, 0.2) is 23.1 Å². The first-order valence-corrected chi connectivity index (χ1v) is 11.0. The molecule has 0 aromatic heterocycles.